The fraction of sp³-hybridized carbons (Fsp3) is 0.278. The molecule has 0 unspecified atom stereocenters. The highest BCUT2D eigenvalue weighted by molar-refractivity contribution is 6.04. The van der Waals surface area contributed by atoms with Gasteiger partial charge in [0.2, 0.25) is 5.76 Å². The first-order chi connectivity index (χ1) is 11.6. The van der Waals surface area contributed by atoms with Gasteiger partial charge in [0.1, 0.15) is 11.3 Å². The first-order valence-electron chi connectivity index (χ1n) is 7.78. The molecule has 2 N–H and O–H groups in total. The normalized spacial score (nSPS) is 11.7. The fourth-order valence-corrected chi connectivity index (χ4v) is 2.47. The summed E-state index contributed by atoms with van der Waals surface area (Å²) >= 11 is 0. The second kappa shape index (κ2) is 5.77. The fourth-order valence-electron chi connectivity index (χ4n) is 2.47. The van der Waals surface area contributed by atoms with E-state index in [1.54, 1.807) is 36.0 Å². The Bertz CT molecular complexity index is 976. The van der Waals surface area contributed by atoms with E-state index in [1.807, 2.05) is 20.8 Å². The maximum absolute atomic E-state index is 12.5. The molecule has 0 aliphatic rings. The van der Waals surface area contributed by atoms with Crippen LogP contribution in [0.15, 0.2) is 34.7 Å². The summed E-state index contributed by atoms with van der Waals surface area (Å²) in [6.07, 6.45) is 0. The number of carbonyl (C=O) groups is 2. The van der Waals surface area contributed by atoms with Crippen LogP contribution in [0, 0.1) is 0 Å². The number of nitrogens with zero attached hydrogens (tertiary/aromatic N) is 2. The van der Waals surface area contributed by atoms with Crippen molar-refractivity contribution < 1.29 is 19.1 Å². The number of hydrogen-bond acceptors (Lipinski definition) is 4. The summed E-state index contributed by atoms with van der Waals surface area (Å²) < 4.78 is 6.76. The molecular formula is C18H19N3O4. The molecule has 0 saturated heterocycles. The summed E-state index contributed by atoms with van der Waals surface area (Å²) in [7, 11) is 1.72. The lowest BCUT2D eigenvalue weighted by molar-refractivity contribution is 0.0665. The zero-order chi connectivity index (χ0) is 18.4. The van der Waals surface area contributed by atoms with E-state index in [0.29, 0.717) is 22.4 Å². The minimum Gasteiger partial charge on any atom is -0.475 e. The molecule has 0 radical (unpaired) electrons. The molecule has 2 heterocycles. The van der Waals surface area contributed by atoms with Crippen LogP contribution in [0.2, 0.25) is 0 Å². The maximum Gasteiger partial charge on any atom is 0.371 e. The second-order valence-corrected chi connectivity index (χ2v) is 6.91. The topological polar surface area (TPSA) is 97.4 Å². The molecule has 0 saturated carbocycles. The predicted molar refractivity (Wildman–Crippen MR) is 93.0 cm³/mol. The molecule has 0 spiro atoms. The number of carbonyl (C=O) groups excluding carboxylic acids is 1. The number of carboxylic acids is 1. The van der Waals surface area contributed by atoms with E-state index in [9.17, 15) is 9.59 Å². The molecule has 2 aromatic heterocycles. The number of rotatable bonds is 3. The Balaban J connectivity index is 1.87. The quantitative estimate of drug-likeness (QED) is 0.761. The minimum absolute atomic E-state index is 0.139. The molecule has 3 aromatic rings. The van der Waals surface area contributed by atoms with Crippen molar-refractivity contribution in [2.45, 2.75) is 26.2 Å². The van der Waals surface area contributed by atoms with Crippen LogP contribution in [0.1, 0.15) is 47.5 Å². The molecule has 0 aliphatic carbocycles. The Morgan fingerprint density at radius 2 is 1.92 bits per heavy atom. The van der Waals surface area contributed by atoms with E-state index in [-0.39, 0.29) is 17.1 Å². The van der Waals surface area contributed by atoms with Crippen molar-refractivity contribution >= 4 is 28.5 Å². The summed E-state index contributed by atoms with van der Waals surface area (Å²) in [6, 6.07) is 8.16. The van der Waals surface area contributed by atoms with Crippen molar-refractivity contribution in [3.8, 4) is 0 Å². The van der Waals surface area contributed by atoms with Crippen LogP contribution in [0.4, 0.5) is 5.69 Å². The van der Waals surface area contributed by atoms with Crippen molar-refractivity contribution in [3.05, 3.63) is 47.5 Å². The summed E-state index contributed by atoms with van der Waals surface area (Å²) in [4.78, 5) is 23.5. The molecule has 1 amide bonds. The lowest BCUT2D eigenvalue weighted by Crippen LogP contribution is -2.15. The zero-order valence-electron chi connectivity index (χ0n) is 14.5. The third-order valence-corrected chi connectivity index (χ3v) is 3.87. The number of amides is 1. The summed E-state index contributed by atoms with van der Waals surface area (Å²) in [5, 5.41) is 16.8. The number of furan rings is 1. The number of hydrogen-bond donors (Lipinski definition) is 2. The predicted octanol–water partition coefficient (Wildman–Crippen LogP) is 3.41. The second-order valence-electron chi connectivity index (χ2n) is 6.91. The Hall–Kier alpha value is -3.09. The van der Waals surface area contributed by atoms with Crippen molar-refractivity contribution in [2.75, 3.05) is 5.32 Å². The van der Waals surface area contributed by atoms with Gasteiger partial charge in [-0.15, -0.1) is 0 Å². The van der Waals surface area contributed by atoms with Crippen LogP contribution in [-0.4, -0.2) is 26.8 Å². The Labute approximate surface area is 144 Å². The summed E-state index contributed by atoms with van der Waals surface area (Å²) in [5.41, 5.74) is 2.12. The zero-order valence-corrected chi connectivity index (χ0v) is 14.5. The highest BCUT2D eigenvalue weighted by Crippen LogP contribution is 2.25. The van der Waals surface area contributed by atoms with E-state index in [1.165, 1.54) is 6.07 Å². The third-order valence-electron chi connectivity index (χ3n) is 3.87. The van der Waals surface area contributed by atoms with Crippen LogP contribution in [-0.2, 0) is 12.5 Å². The first-order valence-corrected chi connectivity index (χ1v) is 7.78. The lowest BCUT2D eigenvalue weighted by atomic mass is 9.92. The lowest BCUT2D eigenvalue weighted by Gasteiger charge is -2.13. The maximum atomic E-state index is 12.5. The van der Waals surface area contributed by atoms with Gasteiger partial charge in [0.15, 0.2) is 0 Å². The van der Waals surface area contributed by atoms with E-state index in [0.717, 1.165) is 5.69 Å². The number of carboxylic acid groups (broad SMARTS) is 1. The van der Waals surface area contributed by atoms with Gasteiger partial charge < -0.3 is 14.8 Å². The standard InChI is InChI=1S/C18H19N3O4/c1-18(2,3)15-9-12(21(4)20-15)16(22)19-11-5-6-13-10(7-11)8-14(25-13)17(23)24/h5-9H,1-4H3,(H,19,22)(H,23,24). The molecular weight excluding hydrogens is 322 g/mol. The van der Waals surface area contributed by atoms with Gasteiger partial charge in [-0.05, 0) is 30.3 Å². The van der Waals surface area contributed by atoms with Gasteiger partial charge in [-0.3, -0.25) is 9.48 Å². The number of nitrogens with one attached hydrogen (secondary N) is 1. The molecule has 7 nitrogen and oxygen atoms in total. The number of aromatic nitrogens is 2. The largest absolute Gasteiger partial charge is 0.475 e. The summed E-state index contributed by atoms with van der Waals surface area (Å²) in [6.45, 7) is 6.09. The van der Waals surface area contributed by atoms with E-state index < -0.39 is 5.97 Å². The van der Waals surface area contributed by atoms with Crippen molar-refractivity contribution in [1.29, 1.82) is 0 Å². The number of anilines is 1. The number of benzene rings is 1. The highest BCUT2D eigenvalue weighted by Gasteiger charge is 2.22. The number of aryl methyl sites for hydroxylation is 1. The van der Waals surface area contributed by atoms with Crippen molar-refractivity contribution in [1.82, 2.24) is 9.78 Å². The molecule has 1 aromatic carbocycles. The molecule has 130 valence electrons. The Morgan fingerprint density at radius 3 is 2.52 bits per heavy atom. The SMILES string of the molecule is Cn1nc(C(C)(C)C)cc1C(=O)Nc1ccc2oc(C(=O)O)cc2c1. The monoisotopic (exact) mass is 341 g/mol. The first kappa shape index (κ1) is 16.8. The van der Waals surface area contributed by atoms with Crippen LogP contribution < -0.4 is 5.32 Å². The average molecular weight is 341 g/mol. The van der Waals surface area contributed by atoms with E-state index >= 15 is 0 Å². The van der Waals surface area contributed by atoms with E-state index in [4.69, 9.17) is 9.52 Å². The molecule has 0 bridgehead atoms. The molecule has 7 heteroatoms. The average Bonchev–Trinajstić information content (AvgIpc) is 3.09. The summed E-state index contributed by atoms with van der Waals surface area (Å²) in [5.74, 6) is -1.56. The Kier molecular flexibility index (Phi) is 3.87. The van der Waals surface area contributed by atoms with Gasteiger partial charge in [0.25, 0.3) is 5.91 Å². The molecule has 0 fully saturated rings. The number of aromatic carboxylic acids is 1. The molecule has 3 rings (SSSR count). The molecule has 0 atom stereocenters. The molecule has 0 aliphatic heterocycles. The van der Waals surface area contributed by atoms with Gasteiger partial charge in [-0.25, -0.2) is 4.79 Å². The van der Waals surface area contributed by atoms with Gasteiger partial charge in [0.05, 0.1) is 5.69 Å². The highest BCUT2D eigenvalue weighted by atomic mass is 16.4. The van der Waals surface area contributed by atoms with E-state index in [2.05, 4.69) is 10.4 Å². The third kappa shape index (κ3) is 3.26. The van der Waals surface area contributed by atoms with Gasteiger partial charge in [-0.1, -0.05) is 20.8 Å². The van der Waals surface area contributed by atoms with Gasteiger partial charge in [0, 0.05) is 23.5 Å². The van der Waals surface area contributed by atoms with Crippen molar-refractivity contribution in [2.24, 2.45) is 7.05 Å². The molecule has 25 heavy (non-hydrogen) atoms. The smallest absolute Gasteiger partial charge is 0.371 e. The van der Waals surface area contributed by atoms with Gasteiger partial charge in [-0.2, -0.15) is 5.10 Å². The van der Waals surface area contributed by atoms with Crippen LogP contribution in [0.25, 0.3) is 11.0 Å². The van der Waals surface area contributed by atoms with Gasteiger partial charge >= 0.3 is 5.97 Å². The van der Waals surface area contributed by atoms with Crippen molar-refractivity contribution in [3.63, 3.8) is 0 Å². The Morgan fingerprint density at radius 1 is 1.20 bits per heavy atom. The van der Waals surface area contributed by atoms with Crippen LogP contribution >= 0.6 is 0 Å². The number of fused-ring (bicyclic) bond motifs is 1. The van der Waals surface area contributed by atoms with Crippen LogP contribution in [0.5, 0.6) is 0 Å². The van der Waals surface area contributed by atoms with Crippen LogP contribution in [0.3, 0.4) is 0 Å². The minimum atomic E-state index is -1.13.